The molecule has 0 bridgehead atoms. The lowest BCUT2D eigenvalue weighted by Gasteiger charge is -2.37. The van der Waals surface area contributed by atoms with Crippen molar-refractivity contribution in [3.8, 4) is 5.75 Å². The van der Waals surface area contributed by atoms with Gasteiger partial charge in [-0.2, -0.15) is 14.7 Å². The molecule has 13 nitrogen and oxygen atoms in total. The highest BCUT2D eigenvalue weighted by atomic mass is 16.5. The topological polar surface area (TPSA) is 139 Å². The number of nitrogens with one attached hydrogen (secondary N) is 2. The standard InChI is InChI=1S/C40H45N9O4/c50-38-14-13-32(39(51)44-38)27-5-9-29(10-6-27)47-20-18-46(19-21-47)17-15-26-3-7-30(8-4-26)48-25-28-22-33(35(23-34(28)45-48)53-31-11-12-31)40(52)43-37-24-41-36-2-1-16-42-49(36)37/h1-2,5-6,9-10,16,22-26,30-32H,3-4,7-8,11-15,17-21H2,(H,43,52)(H,44,50,51). The zero-order valence-corrected chi connectivity index (χ0v) is 29.8. The van der Waals surface area contributed by atoms with Crippen LogP contribution in [0.5, 0.6) is 5.75 Å². The number of amides is 3. The molecule has 2 aromatic carbocycles. The van der Waals surface area contributed by atoms with Gasteiger partial charge in [0.1, 0.15) is 5.75 Å². The van der Waals surface area contributed by atoms with Crippen molar-refractivity contribution in [3.05, 3.63) is 78.2 Å². The predicted molar refractivity (Wildman–Crippen MR) is 200 cm³/mol. The van der Waals surface area contributed by atoms with E-state index in [1.807, 2.05) is 36.4 Å². The highest BCUT2D eigenvalue weighted by Gasteiger charge is 2.30. The van der Waals surface area contributed by atoms with Gasteiger partial charge in [0.15, 0.2) is 11.5 Å². The van der Waals surface area contributed by atoms with E-state index < -0.39 is 0 Å². The van der Waals surface area contributed by atoms with Crippen molar-refractivity contribution in [2.45, 2.75) is 75.9 Å². The fourth-order valence-electron chi connectivity index (χ4n) is 8.22. The molecule has 5 heterocycles. The number of piperazine rings is 1. The number of carbonyl (C=O) groups excluding carboxylic acids is 3. The molecule has 2 aliphatic carbocycles. The molecular formula is C40H45N9O4. The summed E-state index contributed by atoms with van der Waals surface area (Å²) in [6.45, 7) is 5.21. The van der Waals surface area contributed by atoms with Crippen LogP contribution in [0.4, 0.5) is 11.5 Å². The normalized spacial score (nSPS) is 22.6. The smallest absolute Gasteiger partial charge is 0.260 e. The third-order valence-corrected chi connectivity index (χ3v) is 11.5. The fraction of sp³-hybridized carbons (Fsp3) is 0.450. The number of rotatable bonds is 10. The molecule has 274 valence electrons. The van der Waals surface area contributed by atoms with Crippen LogP contribution >= 0.6 is 0 Å². The van der Waals surface area contributed by atoms with Crippen LogP contribution < -0.4 is 20.3 Å². The summed E-state index contributed by atoms with van der Waals surface area (Å²) in [6, 6.07) is 16.2. The summed E-state index contributed by atoms with van der Waals surface area (Å²) >= 11 is 0. The Labute approximate surface area is 307 Å². The Bertz CT molecular complexity index is 2140. The number of hydrogen-bond donors (Lipinski definition) is 2. The average Bonchev–Trinajstić information content (AvgIpc) is 3.76. The zero-order valence-electron chi connectivity index (χ0n) is 29.8. The van der Waals surface area contributed by atoms with Gasteiger partial charge in [0.2, 0.25) is 11.8 Å². The maximum atomic E-state index is 13.6. The van der Waals surface area contributed by atoms with Crippen molar-refractivity contribution in [2.75, 3.05) is 42.9 Å². The number of ether oxygens (including phenoxy) is 1. The van der Waals surface area contributed by atoms with E-state index in [9.17, 15) is 14.4 Å². The lowest BCUT2D eigenvalue weighted by molar-refractivity contribution is -0.134. The first-order chi connectivity index (χ1) is 25.9. The third-order valence-electron chi connectivity index (χ3n) is 11.5. The molecular weight excluding hydrogens is 670 g/mol. The Morgan fingerprint density at radius 2 is 1.75 bits per heavy atom. The largest absolute Gasteiger partial charge is 0.490 e. The molecule has 4 aliphatic rings. The third kappa shape index (κ3) is 7.22. The van der Waals surface area contributed by atoms with E-state index in [1.165, 1.54) is 24.9 Å². The molecule has 53 heavy (non-hydrogen) atoms. The number of carbonyl (C=O) groups is 3. The molecule has 2 saturated carbocycles. The monoisotopic (exact) mass is 715 g/mol. The van der Waals surface area contributed by atoms with E-state index in [1.54, 1.807) is 16.9 Å². The highest BCUT2D eigenvalue weighted by molar-refractivity contribution is 6.08. The predicted octanol–water partition coefficient (Wildman–Crippen LogP) is 5.34. The summed E-state index contributed by atoms with van der Waals surface area (Å²) in [6.07, 6.45) is 14.3. The van der Waals surface area contributed by atoms with Gasteiger partial charge in [-0.1, -0.05) is 12.1 Å². The van der Waals surface area contributed by atoms with Crippen molar-refractivity contribution in [1.82, 2.24) is 34.6 Å². The maximum absolute atomic E-state index is 13.6. The molecule has 1 atom stereocenters. The molecule has 4 fully saturated rings. The molecule has 2 saturated heterocycles. The van der Waals surface area contributed by atoms with Gasteiger partial charge in [-0.3, -0.25) is 29.3 Å². The lowest BCUT2D eigenvalue weighted by Crippen LogP contribution is -2.47. The zero-order chi connectivity index (χ0) is 35.9. The first-order valence-electron chi connectivity index (χ1n) is 19.1. The number of fused-ring (bicyclic) bond motifs is 2. The van der Waals surface area contributed by atoms with E-state index in [0.717, 1.165) is 80.8 Å². The second kappa shape index (κ2) is 14.3. The summed E-state index contributed by atoms with van der Waals surface area (Å²) in [7, 11) is 0. The van der Waals surface area contributed by atoms with Gasteiger partial charge in [0.25, 0.3) is 5.91 Å². The van der Waals surface area contributed by atoms with Crippen LogP contribution in [0.2, 0.25) is 0 Å². The minimum atomic E-state index is -0.259. The van der Waals surface area contributed by atoms with Crippen LogP contribution in [0.1, 0.15) is 85.7 Å². The minimum Gasteiger partial charge on any atom is -0.490 e. The van der Waals surface area contributed by atoms with Gasteiger partial charge in [-0.25, -0.2) is 4.98 Å². The van der Waals surface area contributed by atoms with Crippen LogP contribution in [0.15, 0.2) is 67.1 Å². The molecule has 2 aliphatic heterocycles. The molecule has 9 rings (SSSR count). The Kier molecular flexibility index (Phi) is 9.02. The molecule has 0 spiro atoms. The summed E-state index contributed by atoms with van der Waals surface area (Å²) in [5.41, 5.74) is 4.17. The number of benzene rings is 2. The number of aromatic nitrogens is 5. The van der Waals surface area contributed by atoms with Gasteiger partial charge >= 0.3 is 0 Å². The number of imide groups is 1. The number of imidazole rings is 1. The minimum absolute atomic E-state index is 0.142. The summed E-state index contributed by atoms with van der Waals surface area (Å²) in [4.78, 5) is 46.8. The van der Waals surface area contributed by atoms with Crippen molar-refractivity contribution >= 4 is 45.8 Å². The van der Waals surface area contributed by atoms with E-state index in [0.29, 0.717) is 41.7 Å². The van der Waals surface area contributed by atoms with E-state index >= 15 is 0 Å². The van der Waals surface area contributed by atoms with E-state index in [2.05, 4.69) is 53.5 Å². The van der Waals surface area contributed by atoms with E-state index in [-0.39, 0.29) is 29.7 Å². The fourth-order valence-corrected chi connectivity index (χ4v) is 8.22. The Morgan fingerprint density at radius 3 is 2.53 bits per heavy atom. The van der Waals surface area contributed by atoms with Crippen LogP contribution in [0.25, 0.3) is 16.6 Å². The Hall–Kier alpha value is -5.30. The van der Waals surface area contributed by atoms with Gasteiger partial charge in [-0.05, 0) is 99.7 Å². The van der Waals surface area contributed by atoms with Crippen LogP contribution in [-0.4, -0.2) is 85.8 Å². The lowest BCUT2D eigenvalue weighted by atomic mass is 9.84. The van der Waals surface area contributed by atoms with Crippen molar-refractivity contribution < 1.29 is 19.1 Å². The molecule has 13 heteroatoms. The van der Waals surface area contributed by atoms with Crippen molar-refractivity contribution in [1.29, 1.82) is 0 Å². The molecule has 1 unspecified atom stereocenters. The maximum Gasteiger partial charge on any atom is 0.260 e. The molecule has 0 radical (unpaired) electrons. The number of hydrogen-bond acceptors (Lipinski definition) is 9. The number of piperidine rings is 1. The van der Waals surface area contributed by atoms with Gasteiger partial charge in [-0.15, -0.1) is 0 Å². The Balaban J connectivity index is 0.771. The van der Waals surface area contributed by atoms with Gasteiger partial charge < -0.3 is 15.0 Å². The van der Waals surface area contributed by atoms with Crippen LogP contribution in [0, 0.1) is 5.92 Å². The number of nitrogens with zero attached hydrogens (tertiary/aromatic N) is 7. The summed E-state index contributed by atoms with van der Waals surface area (Å²) < 4.78 is 9.95. The van der Waals surface area contributed by atoms with Crippen LogP contribution in [0.3, 0.4) is 0 Å². The van der Waals surface area contributed by atoms with Gasteiger partial charge in [0, 0.05) is 62.1 Å². The quantitative estimate of drug-likeness (QED) is 0.184. The molecule has 3 aromatic heterocycles. The Morgan fingerprint density at radius 1 is 0.943 bits per heavy atom. The van der Waals surface area contributed by atoms with Crippen molar-refractivity contribution in [2.24, 2.45) is 5.92 Å². The van der Waals surface area contributed by atoms with Crippen LogP contribution in [-0.2, 0) is 9.59 Å². The first kappa shape index (κ1) is 33.5. The molecule has 2 N–H and O–H groups in total. The summed E-state index contributed by atoms with van der Waals surface area (Å²) in [5.74, 6) is 0.932. The average molecular weight is 716 g/mol. The number of anilines is 2. The van der Waals surface area contributed by atoms with Gasteiger partial charge in [0.05, 0.1) is 35.3 Å². The van der Waals surface area contributed by atoms with E-state index in [4.69, 9.17) is 9.84 Å². The molecule has 3 amide bonds. The highest BCUT2D eigenvalue weighted by Crippen LogP contribution is 2.37. The molecule has 5 aromatic rings. The SMILES string of the molecule is O=C1CCC(c2ccc(N3CCN(CCC4CCC(n5cc6cc(C(=O)Nc7cnc8cccnn78)c(OC7CC7)cc6n5)CC4)CC3)cc2)C(=O)N1. The first-order valence-corrected chi connectivity index (χ1v) is 19.1. The second-order valence-corrected chi connectivity index (χ2v) is 15.1. The van der Waals surface area contributed by atoms with Crippen molar-refractivity contribution in [3.63, 3.8) is 0 Å². The summed E-state index contributed by atoms with van der Waals surface area (Å²) in [5, 5.41) is 15.7. The second-order valence-electron chi connectivity index (χ2n) is 15.1.